The number of carboxylic acids is 1. The number of nitrogens with one attached hydrogen (secondary N) is 1. The van der Waals surface area contributed by atoms with Crippen LogP contribution in [0.3, 0.4) is 0 Å². The van der Waals surface area contributed by atoms with Gasteiger partial charge in [0.25, 0.3) is 0 Å². The second kappa shape index (κ2) is 6.67. The van der Waals surface area contributed by atoms with Gasteiger partial charge in [0.15, 0.2) is 0 Å². The molecule has 0 spiro atoms. The van der Waals surface area contributed by atoms with Crippen LogP contribution in [0, 0.1) is 0 Å². The topological polar surface area (TPSA) is 83.5 Å². The molecule has 110 valence electrons. The van der Waals surface area contributed by atoms with Crippen LogP contribution < -0.4 is 4.72 Å². The summed E-state index contributed by atoms with van der Waals surface area (Å²) in [5, 5.41) is 8.78. The fraction of sp³-hybridized carbons (Fsp3) is 0.357. The standard InChI is InChI=1S/C14H19NO4S/c1-4-11(3)15-20(18,19)13-7-5-12(6-8-13)9-10(2)14(16)17/h5-9,11,15H,4H2,1-3H3,(H,16,17). The Morgan fingerprint density at radius 2 is 1.90 bits per heavy atom. The minimum atomic E-state index is -3.52. The van der Waals surface area contributed by atoms with Gasteiger partial charge in [-0.1, -0.05) is 19.1 Å². The van der Waals surface area contributed by atoms with Crippen LogP contribution in [0.2, 0.25) is 0 Å². The van der Waals surface area contributed by atoms with Gasteiger partial charge in [-0.3, -0.25) is 0 Å². The Bertz CT molecular complexity index is 603. The predicted octanol–water partition coefficient (Wildman–Crippen LogP) is 2.25. The Morgan fingerprint density at radius 1 is 1.35 bits per heavy atom. The third-order valence-corrected chi connectivity index (χ3v) is 4.49. The highest BCUT2D eigenvalue weighted by Gasteiger charge is 2.15. The molecule has 0 saturated carbocycles. The number of hydrogen-bond donors (Lipinski definition) is 2. The Kier molecular flexibility index (Phi) is 5.47. The van der Waals surface area contributed by atoms with Crippen LogP contribution in [-0.4, -0.2) is 25.5 Å². The highest BCUT2D eigenvalue weighted by Crippen LogP contribution is 2.14. The minimum absolute atomic E-state index is 0.131. The van der Waals surface area contributed by atoms with Gasteiger partial charge in [0, 0.05) is 11.6 Å². The molecule has 0 aliphatic carbocycles. The van der Waals surface area contributed by atoms with Crippen molar-refractivity contribution in [3.63, 3.8) is 0 Å². The molecular weight excluding hydrogens is 278 g/mol. The van der Waals surface area contributed by atoms with E-state index in [2.05, 4.69) is 4.72 Å². The first-order chi connectivity index (χ1) is 9.26. The summed E-state index contributed by atoms with van der Waals surface area (Å²) in [7, 11) is -3.52. The Labute approximate surface area is 119 Å². The fourth-order valence-corrected chi connectivity index (χ4v) is 2.80. The lowest BCUT2D eigenvalue weighted by atomic mass is 10.1. The van der Waals surface area contributed by atoms with Crippen LogP contribution in [0.15, 0.2) is 34.7 Å². The molecule has 0 saturated heterocycles. The predicted molar refractivity (Wildman–Crippen MR) is 77.8 cm³/mol. The summed E-state index contributed by atoms with van der Waals surface area (Å²) in [5.41, 5.74) is 0.839. The van der Waals surface area contributed by atoms with Crippen LogP contribution in [0.5, 0.6) is 0 Å². The summed E-state index contributed by atoms with van der Waals surface area (Å²) < 4.78 is 26.6. The molecule has 0 aliphatic rings. The van der Waals surface area contributed by atoms with Crippen molar-refractivity contribution in [1.29, 1.82) is 0 Å². The van der Waals surface area contributed by atoms with Crippen LogP contribution in [0.4, 0.5) is 0 Å². The molecule has 1 atom stereocenters. The summed E-state index contributed by atoms with van der Waals surface area (Å²) in [4.78, 5) is 10.9. The van der Waals surface area contributed by atoms with Gasteiger partial charge >= 0.3 is 5.97 Å². The lowest BCUT2D eigenvalue weighted by molar-refractivity contribution is -0.132. The number of sulfonamides is 1. The molecule has 6 heteroatoms. The van der Waals surface area contributed by atoms with Crippen molar-refractivity contribution in [2.45, 2.75) is 38.1 Å². The van der Waals surface area contributed by atoms with E-state index in [4.69, 9.17) is 5.11 Å². The zero-order valence-electron chi connectivity index (χ0n) is 11.8. The summed E-state index contributed by atoms with van der Waals surface area (Å²) in [5.74, 6) is -1.000. The number of aliphatic carboxylic acids is 1. The number of benzene rings is 1. The van der Waals surface area contributed by atoms with Crippen LogP contribution in [-0.2, 0) is 14.8 Å². The molecule has 2 N–H and O–H groups in total. The number of carbonyl (C=O) groups is 1. The van der Waals surface area contributed by atoms with E-state index in [0.29, 0.717) is 12.0 Å². The van der Waals surface area contributed by atoms with Crippen molar-refractivity contribution in [2.24, 2.45) is 0 Å². The summed E-state index contributed by atoms with van der Waals surface area (Å²) >= 11 is 0. The molecule has 0 bridgehead atoms. The molecule has 0 heterocycles. The zero-order chi connectivity index (χ0) is 15.3. The third-order valence-electron chi connectivity index (χ3n) is 2.88. The van der Waals surface area contributed by atoms with Crippen molar-refractivity contribution >= 4 is 22.1 Å². The lowest BCUT2D eigenvalue weighted by Crippen LogP contribution is -2.31. The maximum absolute atomic E-state index is 12.0. The Hall–Kier alpha value is -1.66. The first-order valence-corrected chi connectivity index (χ1v) is 7.78. The van der Waals surface area contributed by atoms with Gasteiger partial charge in [-0.25, -0.2) is 17.9 Å². The summed E-state index contributed by atoms with van der Waals surface area (Å²) in [6.45, 7) is 5.18. The van der Waals surface area contributed by atoms with E-state index in [1.807, 2.05) is 6.92 Å². The van der Waals surface area contributed by atoms with Crippen molar-refractivity contribution in [1.82, 2.24) is 4.72 Å². The van der Waals surface area contributed by atoms with Gasteiger partial charge < -0.3 is 5.11 Å². The number of rotatable bonds is 6. The maximum atomic E-state index is 12.0. The quantitative estimate of drug-likeness (QED) is 0.789. The molecule has 0 aliphatic heterocycles. The molecule has 0 amide bonds. The Balaban J connectivity index is 2.97. The molecule has 1 aromatic rings. The van der Waals surface area contributed by atoms with E-state index < -0.39 is 16.0 Å². The van der Waals surface area contributed by atoms with Crippen molar-refractivity contribution < 1.29 is 18.3 Å². The van der Waals surface area contributed by atoms with Gasteiger partial charge in [-0.2, -0.15) is 0 Å². The maximum Gasteiger partial charge on any atom is 0.331 e. The van der Waals surface area contributed by atoms with Gasteiger partial charge in [0.1, 0.15) is 0 Å². The highest BCUT2D eigenvalue weighted by molar-refractivity contribution is 7.89. The van der Waals surface area contributed by atoms with Gasteiger partial charge in [0.05, 0.1) is 4.90 Å². The van der Waals surface area contributed by atoms with E-state index in [9.17, 15) is 13.2 Å². The molecule has 5 nitrogen and oxygen atoms in total. The molecule has 0 fully saturated rings. The average Bonchev–Trinajstić information content (AvgIpc) is 2.38. The minimum Gasteiger partial charge on any atom is -0.478 e. The van der Waals surface area contributed by atoms with Crippen molar-refractivity contribution in [3.8, 4) is 0 Å². The smallest absolute Gasteiger partial charge is 0.331 e. The van der Waals surface area contributed by atoms with Crippen LogP contribution in [0.1, 0.15) is 32.8 Å². The van der Waals surface area contributed by atoms with Gasteiger partial charge in [-0.15, -0.1) is 0 Å². The van der Waals surface area contributed by atoms with Crippen molar-refractivity contribution in [2.75, 3.05) is 0 Å². The van der Waals surface area contributed by atoms with Gasteiger partial charge in [0.2, 0.25) is 10.0 Å². The molecule has 1 rings (SSSR count). The Morgan fingerprint density at radius 3 is 2.35 bits per heavy atom. The average molecular weight is 297 g/mol. The number of hydrogen-bond acceptors (Lipinski definition) is 3. The van der Waals surface area contributed by atoms with Gasteiger partial charge in [-0.05, 0) is 44.0 Å². The highest BCUT2D eigenvalue weighted by atomic mass is 32.2. The first kappa shape index (κ1) is 16.4. The van der Waals surface area contributed by atoms with E-state index in [1.54, 1.807) is 19.1 Å². The van der Waals surface area contributed by atoms with E-state index in [0.717, 1.165) is 0 Å². The molecule has 20 heavy (non-hydrogen) atoms. The second-order valence-corrected chi connectivity index (χ2v) is 6.35. The van der Waals surface area contributed by atoms with Crippen LogP contribution in [0.25, 0.3) is 6.08 Å². The summed E-state index contributed by atoms with van der Waals surface area (Å²) in [6, 6.07) is 5.96. The molecule has 1 unspecified atom stereocenters. The SMILES string of the molecule is CCC(C)NS(=O)(=O)c1ccc(C=C(C)C(=O)O)cc1. The molecule has 0 radical (unpaired) electrons. The lowest BCUT2D eigenvalue weighted by Gasteiger charge is -2.12. The number of carboxylic acid groups (broad SMARTS) is 1. The molecular formula is C14H19NO4S. The third kappa shape index (κ3) is 4.47. The van der Waals surface area contributed by atoms with E-state index in [1.165, 1.54) is 25.1 Å². The van der Waals surface area contributed by atoms with Crippen molar-refractivity contribution in [3.05, 3.63) is 35.4 Å². The first-order valence-electron chi connectivity index (χ1n) is 6.30. The normalized spacial score (nSPS) is 14.1. The fourth-order valence-electron chi connectivity index (χ4n) is 1.47. The second-order valence-electron chi connectivity index (χ2n) is 4.63. The largest absolute Gasteiger partial charge is 0.478 e. The van der Waals surface area contributed by atoms with E-state index in [-0.39, 0.29) is 16.5 Å². The van der Waals surface area contributed by atoms with E-state index >= 15 is 0 Å². The summed E-state index contributed by atoms with van der Waals surface area (Å²) in [6.07, 6.45) is 2.19. The molecule has 1 aromatic carbocycles. The monoisotopic (exact) mass is 297 g/mol. The van der Waals surface area contributed by atoms with Crippen LogP contribution >= 0.6 is 0 Å². The zero-order valence-corrected chi connectivity index (χ0v) is 12.6. The molecule has 0 aromatic heterocycles.